The number of hydrogen-bond acceptors (Lipinski definition) is 3. The van der Waals surface area contributed by atoms with Gasteiger partial charge in [0, 0.05) is 35.1 Å². The van der Waals surface area contributed by atoms with E-state index in [9.17, 15) is 10.1 Å². The van der Waals surface area contributed by atoms with E-state index in [0.29, 0.717) is 5.92 Å². The Morgan fingerprint density at radius 2 is 1.31 bits per heavy atom. The number of nitrogens with zero attached hydrogens (tertiary/aromatic N) is 2. The van der Waals surface area contributed by atoms with Crippen molar-refractivity contribution < 1.29 is 4.92 Å². The van der Waals surface area contributed by atoms with Gasteiger partial charge in [0.1, 0.15) is 0 Å². The fraction of sp³-hybridized carbons (Fsp3) is 0.360. The molecule has 0 saturated carbocycles. The summed E-state index contributed by atoms with van der Waals surface area (Å²) in [6.07, 6.45) is 9.40. The van der Waals surface area contributed by atoms with E-state index in [1.807, 2.05) is 12.1 Å². The zero-order valence-corrected chi connectivity index (χ0v) is 16.6. The van der Waals surface area contributed by atoms with Crippen LogP contribution in [0.2, 0.25) is 0 Å². The van der Waals surface area contributed by atoms with Gasteiger partial charge in [-0.2, -0.15) is 0 Å². The number of nitro benzene ring substituents is 1. The van der Waals surface area contributed by atoms with E-state index in [4.69, 9.17) is 0 Å². The molecular formula is C25H26N2O2. The molecule has 148 valence electrons. The summed E-state index contributed by atoms with van der Waals surface area (Å²) in [4.78, 5) is 13.3. The fourth-order valence-corrected chi connectivity index (χ4v) is 5.41. The van der Waals surface area contributed by atoms with Gasteiger partial charge in [-0.1, -0.05) is 30.3 Å². The average molecular weight is 386 g/mol. The average Bonchev–Trinajstić information content (AvgIpc) is 2.78. The van der Waals surface area contributed by atoms with Crippen LogP contribution in [0, 0.1) is 10.1 Å². The quantitative estimate of drug-likeness (QED) is 0.428. The molecule has 0 aromatic heterocycles. The molecule has 0 bridgehead atoms. The number of benzene rings is 2. The van der Waals surface area contributed by atoms with Crippen LogP contribution in [0.3, 0.4) is 0 Å². The predicted molar refractivity (Wildman–Crippen MR) is 116 cm³/mol. The maximum absolute atomic E-state index is 11.1. The zero-order valence-electron chi connectivity index (χ0n) is 16.6. The van der Waals surface area contributed by atoms with Crippen LogP contribution in [-0.4, -0.2) is 4.92 Å². The molecule has 0 amide bonds. The summed E-state index contributed by atoms with van der Waals surface area (Å²) in [5.74, 6) is 0.413. The molecule has 0 unspecified atom stereocenters. The van der Waals surface area contributed by atoms with Gasteiger partial charge >= 0.3 is 0 Å². The van der Waals surface area contributed by atoms with Crippen LogP contribution in [-0.2, 0) is 0 Å². The largest absolute Gasteiger partial charge is 0.318 e. The molecule has 1 heterocycles. The van der Waals surface area contributed by atoms with Crippen molar-refractivity contribution in [3.63, 3.8) is 0 Å². The Morgan fingerprint density at radius 3 is 1.86 bits per heavy atom. The summed E-state index contributed by atoms with van der Waals surface area (Å²) in [6.45, 7) is 0. The van der Waals surface area contributed by atoms with Gasteiger partial charge in [0.25, 0.3) is 5.69 Å². The van der Waals surface area contributed by atoms with Gasteiger partial charge in [0.2, 0.25) is 0 Å². The second kappa shape index (κ2) is 7.51. The minimum atomic E-state index is -0.317. The van der Waals surface area contributed by atoms with Crippen molar-refractivity contribution in [1.82, 2.24) is 0 Å². The highest BCUT2D eigenvalue weighted by Crippen LogP contribution is 2.52. The lowest BCUT2D eigenvalue weighted by Gasteiger charge is -2.45. The van der Waals surface area contributed by atoms with Crippen molar-refractivity contribution in [3.05, 3.63) is 92.8 Å². The first-order valence-electron chi connectivity index (χ1n) is 10.8. The molecule has 0 atom stereocenters. The first kappa shape index (κ1) is 18.2. The topological polar surface area (TPSA) is 46.4 Å². The van der Waals surface area contributed by atoms with Gasteiger partial charge in [0.15, 0.2) is 0 Å². The van der Waals surface area contributed by atoms with E-state index in [2.05, 4.69) is 35.2 Å². The summed E-state index contributed by atoms with van der Waals surface area (Å²) >= 11 is 0. The molecule has 0 radical (unpaired) electrons. The van der Waals surface area contributed by atoms with Gasteiger partial charge in [-0.3, -0.25) is 10.1 Å². The Labute approximate surface area is 171 Å². The Kier molecular flexibility index (Phi) is 4.70. The van der Waals surface area contributed by atoms with Gasteiger partial charge in [-0.15, -0.1) is 0 Å². The smallest absolute Gasteiger partial charge is 0.269 e. The summed E-state index contributed by atoms with van der Waals surface area (Å²) in [6, 6.07) is 18.1. The number of hydrogen-bond donors (Lipinski definition) is 0. The third-order valence-corrected chi connectivity index (χ3v) is 6.65. The van der Waals surface area contributed by atoms with Crippen LogP contribution in [0.25, 0.3) is 0 Å². The SMILES string of the molecule is O=[N+]([O-])c1ccc(N2C3=C(CCCC3)C(c3ccccc3)C3=C2CCCC3)cc1. The number of rotatable bonds is 3. The minimum Gasteiger partial charge on any atom is -0.318 e. The first-order chi connectivity index (χ1) is 14.2. The Bertz CT molecular complexity index is 955. The molecule has 0 fully saturated rings. The van der Waals surface area contributed by atoms with E-state index < -0.39 is 0 Å². The monoisotopic (exact) mass is 386 g/mol. The second-order valence-corrected chi connectivity index (χ2v) is 8.31. The van der Waals surface area contributed by atoms with Crippen molar-refractivity contribution >= 4 is 11.4 Å². The van der Waals surface area contributed by atoms with Gasteiger partial charge < -0.3 is 4.90 Å². The lowest BCUT2D eigenvalue weighted by atomic mass is 9.71. The maximum Gasteiger partial charge on any atom is 0.269 e. The highest BCUT2D eigenvalue weighted by molar-refractivity contribution is 5.66. The Hall–Kier alpha value is -2.88. The van der Waals surface area contributed by atoms with Crippen LogP contribution >= 0.6 is 0 Å². The molecule has 2 aromatic rings. The standard InChI is InChI=1S/C25H26N2O2/c28-27(29)20-16-14-19(15-17-20)26-23-12-6-4-10-21(23)25(18-8-2-1-3-9-18)22-11-5-7-13-24(22)26/h1-3,8-9,14-17,25H,4-7,10-13H2. The number of non-ortho nitro benzene ring substituents is 1. The molecule has 0 spiro atoms. The molecule has 0 saturated heterocycles. The third kappa shape index (κ3) is 3.17. The lowest BCUT2D eigenvalue weighted by Crippen LogP contribution is -2.34. The normalized spacial score (nSPS) is 19.8. The molecule has 2 aromatic carbocycles. The zero-order chi connectivity index (χ0) is 19.8. The van der Waals surface area contributed by atoms with Gasteiger partial charge in [-0.25, -0.2) is 0 Å². The van der Waals surface area contributed by atoms with E-state index in [1.165, 1.54) is 42.6 Å². The van der Waals surface area contributed by atoms with E-state index in [0.717, 1.165) is 31.4 Å². The van der Waals surface area contributed by atoms with Crippen LogP contribution in [0.4, 0.5) is 11.4 Å². The van der Waals surface area contributed by atoms with Crippen molar-refractivity contribution in [3.8, 4) is 0 Å². The Morgan fingerprint density at radius 1 is 0.759 bits per heavy atom. The summed E-state index contributed by atoms with van der Waals surface area (Å²) in [7, 11) is 0. The van der Waals surface area contributed by atoms with E-state index >= 15 is 0 Å². The molecule has 2 aliphatic carbocycles. The second-order valence-electron chi connectivity index (χ2n) is 8.31. The molecule has 29 heavy (non-hydrogen) atoms. The molecule has 3 aliphatic rings. The predicted octanol–water partition coefficient (Wildman–Crippen LogP) is 6.85. The van der Waals surface area contributed by atoms with E-state index in [1.54, 1.807) is 23.3 Å². The molecule has 5 rings (SSSR count). The van der Waals surface area contributed by atoms with Crippen molar-refractivity contribution in [1.29, 1.82) is 0 Å². The number of nitro groups is 1. The van der Waals surface area contributed by atoms with Crippen molar-refractivity contribution in [2.75, 3.05) is 4.90 Å². The van der Waals surface area contributed by atoms with Gasteiger partial charge in [-0.05, 0) is 80.2 Å². The van der Waals surface area contributed by atoms with Crippen molar-refractivity contribution in [2.24, 2.45) is 0 Å². The summed E-state index contributed by atoms with van der Waals surface area (Å²) in [5, 5.41) is 11.1. The van der Waals surface area contributed by atoms with Gasteiger partial charge in [0.05, 0.1) is 4.92 Å². The highest BCUT2D eigenvalue weighted by atomic mass is 16.6. The molecule has 4 heteroatoms. The molecular weight excluding hydrogens is 360 g/mol. The van der Waals surface area contributed by atoms with Crippen LogP contribution in [0.5, 0.6) is 0 Å². The fourth-order valence-electron chi connectivity index (χ4n) is 5.41. The molecule has 4 nitrogen and oxygen atoms in total. The van der Waals surface area contributed by atoms with Crippen LogP contribution < -0.4 is 4.90 Å². The Balaban J connectivity index is 1.67. The summed E-state index contributed by atoms with van der Waals surface area (Å²) in [5.41, 5.74) is 8.68. The summed E-state index contributed by atoms with van der Waals surface area (Å²) < 4.78 is 0. The van der Waals surface area contributed by atoms with Crippen LogP contribution in [0.1, 0.15) is 62.8 Å². The number of anilines is 1. The van der Waals surface area contributed by atoms with E-state index in [-0.39, 0.29) is 10.6 Å². The first-order valence-corrected chi connectivity index (χ1v) is 10.8. The minimum absolute atomic E-state index is 0.156. The highest BCUT2D eigenvalue weighted by Gasteiger charge is 2.37. The van der Waals surface area contributed by atoms with Crippen molar-refractivity contribution in [2.45, 2.75) is 57.3 Å². The molecule has 1 aliphatic heterocycles. The van der Waals surface area contributed by atoms with Crippen LogP contribution in [0.15, 0.2) is 77.1 Å². The third-order valence-electron chi connectivity index (χ3n) is 6.65. The lowest BCUT2D eigenvalue weighted by molar-refractivity contribution is -0.384. The molecule has 0 N–H and O–H groups in total. The maximum atomic E-state index is 11.1. The number of allylic oxidation sites excluding steroid dienone is 4.